The lowest BCUT2D eigenvalue weighted by Gasteiger charge is -2.12. The van der Waals surface area contributed by atoms with Crippen LogP contribution in [0.4, 0.5) is 0 Å². The van der Waals surface area contributed by atoms with E-state index in [-0.39, 0.29) is 10.8 Å². The largest absolute Gasteiger partial charge is 0.494 e. The van der Waals surface area contributed by atoms with Crippen LogP contribution in [0.1, 0.15) is 31.7 Å². The van der Waals surface area contributed by atoms with Gasteiger partial charge in [-0.1, -0.05) is 32.0 Å². The number of fused-ring (bicyclic) bond motifs is 1. The van der Waals surface area contributed by atoms with Gasteiger partial charge in [0.15, 0.2) is 0 Å². The van der Waals surface area contributed by atoms with E-state index in [9.17, 15) is 8.42 Å². The van der Waals surface area contributed by atoms with E-state index in [0.29, 0.717) is 17.4 Å². The van der Waals surface area contributed by atoms with E-state index in [1.807, 2.05) is 52.2 Å². The molecule has 3 aromatic rings. The molecule has 6 heteroatoms. The predicted octanol–water partition coefficient (Wildman–Crippen LogP) is 4.12. The second-order valence-corrected chi connectivity index (χ2v) is 9.10. The third-order valence-corrected chi connectivity index (χ3v) is 6.79. The van der Waals surface area contributed by atoms with Crippen LogP contribution >= 0.6 is 0 Å². The van der Waals surface area contributed by atoms with Gasteiger partial charge in [0.25, 0.3) is 0 Å². The van der Waals surface area contributed by atoms with Crippen molar-refractivity contribution in [3.63, 3.8) is 0 Å². The highest BCUT2D eigenvalue weighted by molar-refractivity contribution is 7.91. The summed E-state index contributed by atoms with van der Waals surface area (Å²) in [5.74, 6) is 0.766. The third kappa shape index (κ3) is 3.80. The molecule has 0 atom stereocenters. The van der Waals surface area contributed by atoms with Crippen LogP contribution in [0.2, 0.25) is 0 Å². The molecule has 0 unspecified atom stereocenters. The summed E-state index contributed by atoms with van der Waals surface area (Å²) in [6.07, 6.45) is 0.893. The van der Waals surface area contributed by atoms with E-state index in [4.69, 9.17) is 4.74 Å². The van der Waals surface area contributed by atoms with Gasteiger partial charge in [0, 0.05) is 18.0 Å². The van der Waals surface area contributed by atoms with Crippen molar-refractivity contribution in [2.45, 2.75) is 36.1 Å². The molecule has 1 N–H and O–H groups in total. The summed E-state index contributed by atoms with van der Waals surface area (Å²) in [6, 6.07) is 14.5. The van der Waals surface area contributed by atoms with Gasteiger partial charge < -0.3 is 14.6 Å². The number of rotatable bonds is 8. The molecule has 5 nitrogen and oxygen atoms in total. The van der Waals surface area contributed by atoms with E-state index in [1.165, 1.54) is 0 Å². The molecule has 0 saturated carbocycles. The van der Waals surface area contributed by atoms with Crippen molar-refractivity contribution >= 4 is 20.7 Å². The van der Waals surface area contributed by atoms with Crippen LogP contribution in [0.15, 0.2) is 58.5 Å². The van der Waals surface area contributed by atoms with Gasteiger partial charge in [-0.2, -0.15) is 0 Å². The topological polar surface area (TPSA) is 60.3 Å². The van der Waals surface area contributed by atoms with Gasteiger partial charge in [0.1, 0.15) is 10.8 Å². The Kier molecular flexibility index (Phi) is 6.10. The molecule has 1 heterocycles. The molecular formula is C22H28N2O3S. The maximum Gasteiger partial charge on any atom is 0.222 e. The van der Waals surface area contributed by atoms with Crippen molar-refractivity contribution in [3.8, 4) is 5.75 Å². The van der Waals surface area contributed by atoms with Crippen molar-refractivity contribution in [3.05, 3.63) is 54.1 Å². The first-order valence-corrected chi connectivity index (χ1v) is 11.1. The Bertz CT molecular complexity index is 1050. The van der Waals surface area contributed by atoms with Gasteiger partial charge in [-0.15, -0.1) is 0 Å². The average Bonchev–Trinajstić information content (AvgIpc) is 2.99. The zero-order valence-corrected chi connectivity index (χ0v) is 17.7. The summed E-state index contributed by atoms with van der Waals surface area (Å²) in [7, 11) is 0.0650. The van der Waals surface area contributed by atoms with Crippen molar-refractivity contribution in [1.29, 1.82) is 0 Å². The molecule has 1 aromatic heterocycles. The standard InChI is InChI=1S/C22H28N2O3S/c1-16(2)21-19-8-5-6-9-20(19)24(4)22(21)28(25,26)18-12-10-17(11-13-18)27-15-7-14-23-3/h5-6,8-13,16,23H,7,14-15H2,1-4H3. The van der Waals surface area contributed by atoms with Gasteiger partial charge in [-0.05, 0) is 61.8 Å². The summed E-state index contributed by atoms with van der Waals surface area (Å²) in [4.78, 5) is 0.280. The summed E-state index contributed by atoms with van der Waals surface area (Å²) in [5, 5.41) is 4.43. The SMILES string of the molecule is CNCCCOc1ccc(S(=O)(=O)c2c(C(C)C)c3ccccc3n2C)cc1. The second-order valence-electron chi connectivity index (χ2n) is 7.23. The van der Waals surface area contributed by atoms with Crippen molar-refractivity contribution in [2.75, 3.05) is 20.2 Å². The molecule has 0 bridgehead atoms. The van der Waals surface area contributed by atoms with Gasteiger partial charge in [-0.3, -0.25) is 0 Å². The molecule has 150 valence electrons. The Balaban J connectivity index is 1.99. The molecule has 0 saturated heterocycles. The third-order valence-electron chi connectivity index (χ3n) is 4.90. The molecule has 0 amide bonds. The van der Waals surface area contributed by atoms with Gasteiger partial charge >= 0.3 is 0 Å². The highest BCUT2D eigenvalue weighted by Gasteiger charge is 2.29. The molecule has 3 rings (SSSR count). The molecule has 28 heavy (non-hydrogen) atoms. The Hall–Kier alpha value is -2.31. The molecular weight excluding hydrogens is 372 g/mol. The lowest BCUT2D eigenvalue weighted by molar-refractivity contribution is 0.309. The zero-order valence-electron chi connectivity index (χ0n) is 16.9. The molecule has 0 spiro atoms. The van der Waals surface area contributed by atoms with Crippen LogP contribution in [0.5, 0.6) is 5.75 Å². The number of nitrogens with zero attached hydrogens (tertiary/aromatic N) is 1. The molecule has 0 aliphatic rings. The smallest absolute Gasteiger partial charge is 0.222 e. The first kappa shape index (κ1) is 20.4. The minimum Gasteiger partial charge on any atom is -0.494 e. The van der Waals surface area contributed by atoms with Crippen LogP contribution in [0.25, 0.3) is 10.9 Å². The monoisotopic (exact) mass is 400 g/mol. The normalized spacial score (nSPS) is 12.0. The van der Waals surface area contributed by atoms with Crippen LogP contribution in [-0.4, -0.2) is 33.2 Å². The summed E-state index contributed by atoms with van der Waals surface area (Å²) < 4.78 is 34.4. The highest BCUT2D eigenvalue weighted by atomic mass is 32.2. The molecule has 0 radical (unpaired) electrons. The molecule has 2 aromatic carbocycles. The number of nitrogens with one attached hydrogen (secondary N) is 1. The fraction of sp³-hybridized carbons (Fsp3) is 0.364. The van der Waals surface area contributed by atoms with Crippen LogP contribution < -0.4 is 10.1 Å². The molecule has 0 aliphatic heterocycles. The van der Waals surface area contributed by atoms with Crippen molar-refractivity contribution < 1.29 is 13.2 Å². The minimum absolute atomic E-state index is 0.0886. The zero-order chi connectivity index (χ0) is 20.3. The number of hydrogen-bond donors (Lipinski definition) is 1. The predicted molar refractivity (Wildman–Crippen MR) is 113 cm³/mol. The number of ether oxygens (including phenoxy) is 1. The maximum absolute atomic E-state index is 13.5. The van der Waals surface area contributed by atoms with Crippen molar-refractivity contribution in [1.82, 2.24) is 9.88 Å². The number of sulfone groups is 1. The first-order chi connectivity index (χ1) is 13.4. The van der Waals surface area contributed by atoms with E-state index in [2.05, 4.69) is 5.32 Å². The number of aromatic nitrogens is 1. The summed E-state index contributed by atoms with van der Waals surface area (Å²) in [5.41, 5.74) is 1.79. The number of aryl methyl sites for hydroxylation is 1. The van der Waals surface area contributed by atoms with E-state index >= 15 is 0 Å². The number of para-hydroxylation sites is 1. The Morgan fingerprint density at radius 1 is 1.07 bits per heavy atom. The lowest BCUT2D eigenvalue weighted by atomic mass is 10.0. The minimum atomic E-state index is -3.66. The van der Waals surface area contributed by atoms with Crippen LogP contribution in [0, 0.1) is 0 Å². The maximum atomic E-state index is 13.5. The Labute approximate surface area is 167 Å². The second kappa shape index (κ2) is 8.37. The molecule has 0 aliphatic carbocycles. The van der Waals surface area contributed by atoms with Gasteiger partial charge in [0.2, 0.25) is 9.84 Å². The fourth-order valence-corrected chi connectivity index (χ4v) is 5.36. The summed E-state index contributed by atoms with van der Waals surface area (Å²) >= 11 is 0. The first-order valence-electron chi connectivity index (χ1n) is 9.57. The number of hydrogen-bond acceptors (Lipinski definition) is 4. The van der Waals surface area contributed by atoms with E-state index < -0.39 is 9.84 Å². The van der Waals surface area contributed by atoms with Gasteiger partial charge in [0.05, 0.1) is 11.5 Å². The average molecular weight is 401 g/mol. The quantitative estimate of drug-likeness (QED) is 0.578. The Morgan fingerprint density at radius 2 is 1.75 bits per heavy atom. The lowest BCUT2D eigenvalue weighted by Crippen LogP contribution is -2.12. The van der Waals surface area contributed by atoms with Crippen LogP contribution in [0.3, 0.4) is 0 Å². The van der Waals surface area contributed by atoms with Crippen molar-refractivity contribution in [2.24, 2.45) is 7.05 Å². The molecule has 0 fully saturated rings. The Morgan fingerprint density at radius 3 is 2.39 bits per heavy atom. The van der Waals surface area contributed by atoms with E-state index in [1.54, 1.807) is 28.8 Å². The number of benzene rings is 2. The van der Waals surface area contributed by atoms with E-state index in [0.717, 1.165) is 29.4 Å². The fourth-order valence-electron chi connectivity index (χ4n) is 3.55. The summed E-state index contributed by atoms with van der Waals surface area (Å²) in [6.45, 7) is 5.53. The highest BCUT2D eigenvalue weighted by Crippen LogP contribution is 2.37. The van der Waals surface area contributed by atoms with Gasteiger partial charge in [-0.25, -0.2) is 8.42 Å². The van der Waals surface area contributed by atoms with Crippen LogP contribution in [-0.2, 0) is 16.9 Å².